The molecule has 0 atom stereocenters. The first-order valence-electron chi connectivity index (χ1n) is 10.5. The Kier molecular flexibility index (Phi) is 6.82. The Morgan fingerprint density at radius 3 is 2.47 bits per heavy atom. The molecular formula is C26H24N2O3S. The van der Waals surface area contributed by atoms with Crippen molar-refractivity contribution in [2.24, 2.45) is 0 Å². The second-order valence-electron chi connectivity index (χ2n) is 7.32. The number of carbonyl (C=O) groups excluding carboxylic acids is 2. The molecule has 5 nitrogen and oxygen atoms in total. The van der Waals surface area contributed by atoms with Gasteiger partial charge in [0.2, 0.25) is 5.91 Å². The molecule has 6 heteroatoms. The van der Waals surface area contributed by atoms with E-state index in [2.05, 4.69) is 10.6 Å². The monoisotopic (exact) mass is 444 g/mol. The Hall–Kier alpha value is -3.64. The number of hydrogen-bond donors (Lipinski definition) is 2. The minimum atomic E-state index is -0.183. The molecule has 1 heterocycles. The van der Waals surface area contributed by atoms with E-state index in [1.165, 1.54) is 11.3 Å². The number of fused-ring (bicyclic) bond motifs is 1. The first-order valence-corrected chi connectivity index (χ1v) is 11.3. The van der Waals surface area contributed by atoms with Crippen LogP contribution in [0.1, 0.15) is 34.1 Å². The van der Waals surface area contributed by atoms with Crippen molar-refractivity contribution in [1.29, 1.82) is 0 Å². The van der Waals surface area contributed by atoms with Crippen molar-refractivity contribution in [2.45, 2.75) is 26.5 Å². The Morgan fingerprint density at radius 1 is 0.906 bits per heavy atom. The summed E-state index contributed by atoms with van der Waals surface area (Å²) in [7, 11) is 0. The summed E-state index contributed by atoms with van der Waals surface area (Å²) in [6, 6.07) is 25.2. The number of thiophene rings is 1. The van der Waals surface area contributed by atoms with Crippen molar-refractivity contribution >= 4 is 38.9 Å². The van der Waals surface area contributed by atoms with Crippen LogP contribution in [0, 0.1) is 0 Å². The summed E-state index contributed by atoms with van der Waals surface area (Å²) in [6.07, 6.45) is 0.415. The normalized spacial score (nSPS) is 10.7. The van der Waals surface area contributed by atoms with Crippen LogP contribution in [0.2, 0.25) is 0 Å². The molecule has 4 aromatic rings. The van der Waals surface area contributed by atoms with E-state index < -0.39 is 0 Å². The molecule has 3 aromatic carbocycles. The van der Waals surface area contributed by atoms with E-state index in [1.807, 2.05) is 85.8 Å². The van der Waals surface area contributed by atoms with Crippen molar-refractivity contribution in [1.82, 2.24) is 5.32 Å². The third-order valence-electron chi connectivity index (χ3n) is 4.97. The molecule has 0 bridgehead atoms. The highest BCUT2D eigenvalue weighted by molar-refractivity contribution is 7.21. The minimum absolute atomic E-state index is 0.0448. The third kappa shape index (κ3) is 5.15. The van der Waals surface area contributed by atoms with Gasteiger partial charge < -0.3 is 15.4 Å². The maximum Gasteiger partial charge on any atom is 0.265 e. The molecule has 2 N–H and O–H groups in total. The lowest BCUT2D eigenvalue weighted by molar-refractivity contribution is -0.115. The first-order chi connectivity index (χ1) is 15.6. The number of benzene rings is 3. The van der Waals surface area contributed by atoms with Gasteiger partial charge in [-0.15, -0.1) is 11.3 Å². The van der Waals surface area contributed by atoms with Gasteiger partial charge in [-0.05, 0) is 35.4 Å². The Morgan fingerprint density at radius 2 is 1.66 bits per heavy atom. The van der Waals surface area contributed by atoms with Crippen molar-refractivity contribution in [3.8, 4) is 5.75 Å². The smallest absolute Gasteiger partial charge is 0.265 e. The Bertz CT molecular complexity index is 1230. The molecule has 0 spiro atoms. The molecule has 0 saturated heterocycles. The van der Waals surface area contributed by atoms with Gasteiger partial charge in [0, 0.05) is 28.7 Å². The van der Waals surface area contributed by atoms with Gasteiger partial charge in [0.25, 0.3) is 5.91 Å². The summed E-state index contributed by atoms with van der Waals surface area (Å²) in [5.41, 5.74) is 2.66. The molecular weight excluding hydrogens is 420 g/mol. The van der Waals surface area contributed by atoms with Gasteiger partial charge in [0.15, 0.2) is 5.75 Å². The van der Waals surface area contributed by atoms with Gasteiger partial charge in [0.05, 0.1) is 0 Å². The van der Waals surface area contributed by atoms with Gasteiger partial charge in [-0.2, -0.15) is 0 Å². The zero-order valence-corrected chi connectivity index (χ0v) is 18.6. The van der Waals surface area contributed by atoms with E-state index >= 15 is 0 Å². The van der Waals surface area contributed by atoms with Gasteiger partial charge in [-0.1, -0.05) is 61.5 Å². The van der Waals surface area contributed by atoms with Gasteiger partial charge in [-0.25, -0.2) is 0 Å². The van der Waals surface area contributed by atoms with Crippen LogP contribution in [0.5, 0.6) is 5.75 Å². The van der Waals surface area contributed by atoms with Crippen LogP contribution >= 0.6 is 11.3 Å². The molecule has 32 heavy (non-hydrogen) atoms. The lowest BCUT2D eigenvalue weighted by Crippen LogP contribution is -2.22. The van der Waals surface area contributed by atoms with Crippen LogP contribution < -0.4 is 15.4 Å². The standard InChI is InChI=1S/C26H24N2O3S/c1-2-23(29)28-20-12-8-11-19(15-20)16-27-26(30)25-24(21-13-6-7-14-22(21)32-25)31-17-18-9-4-3-5-10-18/h3-15H,2,16-17H2,1H3,(H,27,30)(H,28,29). The van der Waals surface area contributed by atoms with Crippen molar-refractivity contribution in [2.75, 3.05) is 5.32 Å². The van der Waals surface area contributed by atoms with E-state index in [1.54, 1.807) is 0 Å². The van der Waals surface area contributed by atoms with E-state index in [-0.39, 0.29) is 11.8 Å². The minimum Gasteiger partial charge on any atom is -0.487 e. The Balaban J connectivity index is 1.51. The second kappa shape index (κ2) is 10.1. The summed E-state index contributed by atoms with van der Waals surface area (Å²) < 4.78 is 7.13. The highest BCUT2D eigenvalue weighted by Crippen LogP contribution is 2.38. The number of ether oxygens (including phenoxy) is 1. The van der Waals surface area contributed by atoms with Crippen LogP contribution in [0.25, 0.3) is 10.1 Å². The summed E-state index contributed by atoms with van der Waals surface area (Å²) >= 11 is 1.42. The molecule has 0 aliphatic rings. The van der Waals surface area contributed by atoms with Crippen LogP contribution in [0.4, 0.5) is 5.69 Å². The van der Waals surface area contributed by atoms with Gasteiger partial charge in [0.1, 0.15) is 11.5 Å². The lowest BCUT2D eigenvalue weighted by atomic mass is 10.2. The van der Waals surface area contributed by atoms with Gasteiger partial charge >= 0.3 is 0 Å². The SMILES string of the molecule is CCC(=O)Nc1cccc(CNC(=O)c2sc3ccccc3c2OCc2ccccc2)c1. The third-order valence-corrected chi connectivity index (χ3v) is 6.12. The summed E-state index contributed by atoms with van der Waals surface area (Å²) in [4.78, 5) is 25.3. The number of carbonyl (C=O) groups is 2. The lowest BCUT2D eigenvalue weighted by Gasteiger charge is -2.10. The van der Waals surface area contributed by atoms with Gasteiger partial charge in [-0.3, -0.25) is 9.59 Å². The summed E-state index contributed by atoms with van der Waals surface area (Å²) in [5.74, 6) is 0.379. The number of anilines is 1. The van der Waals surface area contributed by atoms with Crippen LogP contribution in [0.15, 0.2) is 78.9 Å². The summed E-state index contributed by atoms with van der Waals surface area (Å²) in [5, 5.41) is 6.76. The fourth-order valence-corrected chi connectivity index (χ4v) is 4.38. The molecule has 0 saturated carbocycles. The predicted molar refractivity (Wildman–Crippen MR) is 129 cm³/mol. The quantitative estimate of drug-likeness (QED) is 0.363. The zero-order valence-electron chi connectivity index (χ0n) is 17.8. The highest BCUT2D eigenvalue weighted by atomic mass is 32.1. The van der Waals surface area contributed by atoms with E-state index in [0.717, 1.165) is 26.9 Å². The molecule has 0 aliphatic heterocycles. The van der Waals surface area contributed by atoms with E-state index in [9.17, 15) is 9.59 Å². The highest BCUT2D eigenvalue weighted by Gasteiger charge is 2.20. The number of rotatable bonds is 8. The number of amides is 2. The second-order valence-corrected chi connectivity index (χ2v) is 8.37. The average Bonchev–Trinajstić information content (AvgIpc) is 3.21. The van der Waals surface area contributed by atoms with Crippen LogP contribution in [-0.2, 0) is 17.9 Å². The molecule has 162 valence electrons. The Labute approximate surface area is 191 Å². The summed E-state index contributed by atoms with van der Waals surface area (Å²) in [6.45, 7) is 2.55. The predicted octanol–water partition coefficient (Wildman–Crippen LogP) is 5.76. The molecule has 1 aromatic heterocycles. The zero-order chi connectivity index (χ0) is 22.3. The first kappa shape index (κ1) is 21.6. The van der Waals surface area contributed by atoms with Crippen LogP contribution in [0.3, 0.4) is 0 Å². The molecule has 0 radical (unpaired) electrons. The number of hydrogen-bond acceptors (Lipinski definition) is 4. The molecule has 4 rings (SSSR count). The van der Waals surface area contributed by atoms with Crippen LogP contribution in [-0.4, -0.2) is 11.8 Å². The largest absolute Gasteiger partial charge is 0.487 e. The topological polar surface area (TPSA) is 67.4 Å². The van der Waals surface area contributed by atoms with Crippen molar-refractivity contribution in [3.63, 3.8) is 0 Å². The molecule has 2 amide bonds. The molecule has 0 fully saturated rings. The van der Waals surface area contributed by atoms with Crippen molar-refractivity contribution in [3.05, 3.63) is 94.9 Å². The maximum atomic E-state index is 13.1. The molecule has 0 unspecified atom stereocenters. The van der Waals surface area contributed by atoms with E-state index in [0.29, 0.717) is 30.2 Å². The number of nitrogens with one attached hydrogen (secondary N) is 2. The van der Waals surface area contributed by atoms with Crippen molar-refractivity contribution < 1.29 is 14.3 Å². The molecule has 0 aliphatic carbocycles. The maximum absolute atomic E-state index is 13.1. The van der Waals surface area contributed by atoms with E-state index in [4.69, 9.17) is 4.74 Å². The fraction of sp³-hybridized carbons (Fsp3) is 0.154. The fourth-order valence-electron chi connectivity index (χ4n) is 3.32. The average molecular weight is 445 g/mol.